The van der Waals surface area contributed by atoms with E-state index in [-0.39, 0.29) is 6.61 Å². The summed E-state index contributed by atoms with van der Waals surface area (Å²) in [5.41, 5.74) is 12.3. The number of aryl methyl sites for hydroxylation is 1. The zero-order valence-electron chi connectivity index (χ0n) is 11.8. The van der Waals surface area contributed by atoms with Crippen molar-refractivity contribution in [3.8, 4) is 0 Å². The minimum atomic E-state index is 0.240. The van der Waals surface area contributed by atoms with E-state index in [9.17, 15) is 0 Å². The molecule has 114 valence electrons. The molecule has 20 heavy (non-hydrogen) atoms. The number of anilines is 1. The van der Waals surface area contributed by atoms with E-state index < -0.39 is 0 Å². The molecule has 0 aliphatic heterocycles. The normalized spacial score (nSPS) is 11.8. The molecule has 0 amide bonds. The van der Waals surface area contributed by atoms with Gasteiger partial charge in [0.1, 0.15) is 0 Å². The third-order valence-corrected chi connectivity index (χ3v) is 3.58. The topological polar surface area (TPSA) is 110 Å². The van der Waals surface area contributed by atoms with Gasteiger partial charge in [-0.25, -0.2) is 4.98 Å². The highest BCUT2D eigenvalue weighted by Gasteiger charge is 2.02. The van der Waals surface area contributed by atoms with E-state index in [1.54, 1.807) is 0 Å². The highest BCUT2D eigenvalue weighted by atomic mass is 32.1. The van der Waals surface area contributed by atoms with Crippen LogP contribution in [0.5, 0.6) is 0 Å². The molecule has 0 aliphatic rings. The predicted molar refractivity (Wildman–Crippen MR) is 85.2 cm³/mol. The Hall–Kier alpha value is -1.18. The fourth-order valence-electron chi connectivity index (χ4n) is 1.68. The number of aliphatic hydroxyl groups is 1. The summed E-state index contributed by atoms with van der Waals surface area (Å²) in [5, 5.41) is 14.5. The number of aliphatic imine (C=N–C) groups is 1. The quantitative estimate of drug-likeness (QED) is 0.296. The molecular weight excluding hydrogens is 274 g/mol. The molecule has 0 fully saturated rings. The van der Waals surface area contributed by atoms with E-state index in [4.69, 9.17) is 16.6 Å². The molecule has 0 radical (unpaired) electrons. The number of rotatable bonds is 10. The molecule has 0 saturated carbocycles. The monoisotopic (exact) mass is 299 g/mol. The number of nitrogens with zero attached hydrogens (tertiary/aromatic N) is 2. The lowest BCUT2D eigenvalue weighted by Gasteiger charge is -2.01. The van der Waals surface area contributed by atoms with Gasteiger partial charge in [-0.15, -0.1) is 11.3 Å². The highest BCUT2D eigenvalue weighted by molar-refractivity contribution is 7.13. The van der Waals surface area contributed by atoms with Crippen LogP contribution in [0.3, 0.4) is 0 Å². The van der Waals surface area contributed by atoms with Crippen molar-refractivity contribution in [2.24, 2.45) is 16.5 Å². The summed E-state index contributed by atoms with van der Waals surface area (Å²) >= 11 is 1.54. The molecule has 1 aromatic heterocycles. The van der Waals surface area contributed by atoms with Crippen molar-refractivity contribution in [3.05, 3.63) is 11.1 Å². The van der Waals surface area contributed by atoms with Crippen LogP contribution in [0.4, 0.5) is 5.13 Å². The number of hydrogen-bond donors (Lipinski definition) is 4. The lowest BCUT2D eigenvalue weighted by Crippen LogP contribution is -2.22. The van der Waals surface area contributed by atoms with Gasteiger partial charge in [-0.2, -0.15) is 0 Å². The molecule has 0 unspecified atom stereocenters. The Balaban J connectivity index is 2.27. The molecule has 6 nitrogen and oxygen atoms in total. The lowest BCUT2D eigenvalue weighted by atomic mass is 10.2. The summed E-state index contributed by atoms with van der Waals surface area (Å²) in [6.07, 6.45) is 5.77. The fraction of sp³-hybridized carbons (Fsp3) is 0.692. The second-order valence-electron chi connectivity index (χ2n) is 4.57. The van der Waals surface area contributed by atoms with Crippen LogP contribution in [-0.2, 0) is 6.42 Å². The van der Waals surface area contributed by atoms with E-state index in [1.807, 2.05) is 5.38 Å². The number of aromatic nitrogens is 1. The van der Waals surface area contributed by atoms with Crippen LogP contribution in [-0.4, -0.2) is 35.7 Å². The van der Waals surface area contributed by atoms with Crippen molar-refractivity contribution >= 4 is 22.4 Å². The van der Waals surface area contributed by atoms with Gasteiger partial charge in [-0.3, -0.25) is 4.99 Å². The summed E-state index contributed by atoms with van der Waals surface area (Å²) in [6.45, 7) is 1.64. The van der Waals surface area contributed by atoms with Gasteiger partial charge in [0, 0.05) is 18.5 Å². The van der Waals surface area contributed by atoms with Crippen LogP contribution >= 0.6 is 11.3 Å². The molecule has 0 bridgehead atoms. The lowest BCUT2D eigenvalue weighted by molar-refractivity contribution is 0.283. The van der Waals surface area contributed by atoms with Crippen LogP contribution < -0.4 is 16.8 Å². The maximum absolute atomic E-state index is 8.66. The van der Waals surface area contributed by atoms with E-state index >= 15 is 0 Å². The molecular formula is C13H25N5OS. The van der Waals surface area contributed by atoms with Gasteiger partial charge in [0.2, 0.25) is 0 Å². The summed E-state index contributed by atoms with van der Waals surface area (Å²) < 4.78 is 0. The number of hydrogen-bond acceptors (Lipinski definition) is 5. The molecule has 0 atom stereocenters. The summed E-state index contributed by atoms with van der Waals surface area (Å²) in [5.74, 6) is 0.400. The van der Waals surface area contributed by atoms with Gasteiger partial charge in [0.05, 0.1) is 5.69 Å². The zero-order valence-corrected chi connectivity index (χ0v) is 12.7. The van der Waals surface area contributed by atoms with Crippen molar-refractivity contribution in [2.45, 2.75) is 38.5 Å². The van der Waals surface area contributed by atoms with Crippen LogP contribution in [0.2, 0.25) is 0 Å². The van der Waals surface area contributed by atoms with Gasteiger partial charge in [0.25, 0.3) is 0 Å². The maximum atomic E-state index is 8.66. The van der Waals surface area contributed by atoms with Gasteiger partial charge >= 0.3 is 0 Å². The van der Waals surface area contributed by atoms with Crippen molar-refractivity contribution in [1.82, 2.24) is 4.98 Å². The fourth-order valence-corrected chi connectivity index (χ4v) is 2.43. The first-order chi connectivity index (χ1) is 9.76. The third-order valence-electron chi connectivity index (χ3n) is 2.77. The second kappa shape index (κ2) is 10.6. The Morgan fingerprint density at radius 3 is 2.90 bits per heavy atom. The Kier molecular flexibility index (Phi) is 8.93. The van der Waals surface area contributed by atoms with Crippen LogP contribution in [0.25, 0.3) is 0 Å². The zero-order chi connectivity index (χ0) is 14.6. The first-order valence-corrected chi connectivity index (χ1v) is 7.96. The van der Waals surface area contributed by atoms with E-state index in [2.05, 4.69) is 15.3 Å². The second-order valence-corrected chi connectivity index (χ2v) is 5.42. The number of nitrogens with one attached hydrogen (secondary N) is 1. The number of nitrogens with two attached hydrogens (primary N) is 2. The Bertz CT molecular complexity index is 394. The molecule has 6 N–H and O–H groups in total. The number of guanidine groups is 1. The average molecular weight is 299 g/mol. The van der Waals surface area contributed by atoms with Crippen LogP contribution in [0, 0.1) is 0 Å². The van der Waals surface area contributed by atoms with Gasteiger partial charge in [-0.05, 0) is 45.1 Å². The number of thiazole rings is 1. The highest BCUT2D eigenvalue weighted by Crippen LogP contribution is 2.16. The Morgan fingerprint density at radius 1 is 1.30 bits per heavy atom. The SMILES string of the molecule is NCCCCc1csc(N/C(N)=N\CCCCCO)n1. The van der Waals surface area contributed by atoms with E-state index in [0.29, 0.717) is 12.5 Å². The molecule has 0 saturated heterocycles. The molecule has 0 aromatic carbocycles. The van der Waals surface area contributed by atoms with Crippen LogP contribution in [0.1, 0.15) is 37.8 Å². The Morgan fingerprint density at radius 2 is 2.15 bits per heavy atom. The molecule has 1 heterocycles. The van der Waals surface area contributed by atoms with E-state index in [1.165, 1.54) is 11.3 Å². The average Bonchev–Trinajstić information content (AvgIpc) is 2.86. The molecule has 0 spiro atoms. The molecule has 0 aliphatic carbocycles. The van der Waals surface area contributed by atoms with Crippen molar-refractivity contribution in [2.75, 3.05) is 25.0 Å². The first-order valence-electron chi connectivity index (χ1n) is 7.08. The van der Waals surface area contributed by atoms with Crippen molar-refractivity contribution in [3.63, 3.8) is 0 Å². The van der Waals surface area contributed by atoms with Gasteiger partial charge in [0.15, 0.2) is 11.1 Å². The molecule has 7 heteroatoms. The maximum Gasteiger partial charge on any atom is 0.194 e. The summed E-state index contributed by atoms with van der Waals surface area (Å²) in [6, 6.07) is 0. The third kappa shape index (κ3) is 7.42. The van der Waals surface area contributed by atoms with Crippen LogP contribution in [0.15, 0.2) is 10.4 Å². The minimum Gasteiger partial charge on any atom is -0.396 e. The predicted octanol–water partition coefficient (Wildman–Crippen LogP) is 1.31. The smallest absolute Gasteiger partial charge is 0.194 e. The van der Waals surface area contributed by atoms with E-state index in [0.717, 1.165) is 55.9 Å². The molecule has 1 aromatic rings. The molecule has 1 rings (SSSR count). The largest absolute Gasteiger partial charge is 0.396 e. The minimum absolute atomic E-state index is 0.240. The van der Waals surface area contributed by atoms with Gasteiger partial charge in [-0.1, -0.05) is 0 Å². The number of unbranched alkanes of at least 4 members (excludes halogenated alkanes) is 3. The standard InChI is InChI=1S/C13H25N5OS/c14-7-3-2-6-11-10-20-13(17-11)18-12(15)16-8-4-1-5-9-19/h10,19H,1-9,14H2,(H3,15,16,17,18). The summed E-state index contributed by atoms with van der Waals surface area (Å²) in [7, 11) is 0. The number of aliphatic hydroxyl groups excluding tert-OH is 1. The van der Waals surface area contributed by atoms with Crippen molar-refractivity contribution < 1.29 is 5.11 Å². The first kappa shape index (κ1) is 16.9. The van der Waals surface area contributed by atoms with Gasteiger partial charge < -0.3 is 21.9 Å². The summed E-state index contributed by atoms with van der Waals surface area (Å²) in [4.78, 5) is 8.68. The van der Waals surface area contributed by atoms with Crippen molar-refractivity contribution in [1.29, 1.82) is 0 Å². The Labute approximate surface area is 124 Å².